The van der Waals surface area contributed by atoms with Gasteiger partial charge in [-0.1, -0.05) is 18.2 Å². The molecule has 1 aliphatic rings. The molecule has 2 rings (SSSR count). The van der Waals surface area contributed by atoms with Crippen molar-refractivity contribution >= 4 is 11.5 Å². The van der Waals surface area contributed by atoms with E-state index in [0.717, 1.165) is 16.7 Å². The maximum Gasteiger partial charge on any atom is 0.282 e. The van der Waals surface area contributed by atoms with Gasteiger partial charge in [-0.15, -0.1) is 0 Å². The van der Waals surface area contributed by atoms with Gasteiger partial charge in [-0.3, -0.25) is 9.63 Å². The summed E-state index contributed by atoms with van der Waals surface area (Å²) >= 11 is 0. The second-order valence-corrected chi connectivity index (χ2v) is 5.31. The van der Waals surface area contributed by atoms with E-state index in [0.29, 0.717) is 5.57 Å². The smallest absolute Gasteiger partial charge is 0.282 e. The van der Waals surface area contributed by atoms with Gasteiger partial charge in [0.25, 0.3) is 5.91 Å². The number of rotatable bonds is 2. The number of aryl methyl sites for hydroxylation is 1. The number of aliphatic hydroxyl groups excluding tert-OH is 1. The summed E-state index contributed by atoms with van der Waals surface area (Å²) in [4.78, 5) is 17.5. The van der Waals surface area contributed by atoms with Crippen LogP contribution in [0, 0.1) is 13.8 Å². The van der Waals surface area contributed by atoms with Crippen molar-refractivity contribution in [1.29, 1.82) is 0 Å². The second kappa shape index (κ2) is 4.38. The zero-order chi connectivity index (χ0) is 14.4. The number of hydroxylamine groups is 2. The second-order valence-electron chi connectivity index (χ2n) is 5.31. The van der Waals surface area contributed by atoms with Crippen LogP contribution in [0.4, 0.5) is 0 Å². The van der Waals surface area contributed by atoms with Crippen molar-refractivity contribution in [3.05, 3.63) is 40.6 Å². The third kappa shape index (κ3) is 1.83. The van der Waals surface area contributed by atoms with Gasteiger partial charge in [0.15, 0.2) is 0 Å². The van der Waals surface area contributed by atoms with Crippen molar-refractivity contribution < 1.29 is 14.7 Å². The number of benzene rings is 1. The maximum atomic E-state index is 12.4. The molecule has 0 fully saturated rings. The van der Waals surface area contributed by atoms with E-state index in [2.05, 4.69) is 0 Å². The Balaban J connectivity index is 2.65. The number of carbonyl (C=O) groups excluding carboxylic acids is 1. The molecule has 1 aliphatic heterocycles. The quantitative estimate of drug-likeness (QED) is 0.890. The maximum absolute atomic E-state index is 12.4. The monoisotopic (exact) mass is 261 g/mol. The molecule has 1 amide bonds. The van der Waals surface area contributed by atoms with Crippen molar-refractivity contribution in [2.24, 2.45) is 0 Å². The van der Waals surface area contributed by atoms with Crippen LogP contribution in [-0.2, 0) is 9.63 Å². The summed E-state index contributed by atoms with van der Waals surface area (Å²) < 4.78 is 0. The Morgan fingerprint density at radius 1 is 1.26 bits per heavy atom. The van der Waals surface area contributed by atoms with Crippen LogP contribution in [0.3, 0.4) is 0 Å². The molecule has 0 unspecified atom stereocenters. The summed E-state index contributed by atoms with van der Waals surface area (Å²) in [6.07, 6.45) is 0. The van der Waals surface area contributed by atoms with Crippen LogP contribution in [-0.4, -0.2) is 28.7 Å². The summed E-state index contributed by atoms with van der Waals surface area (Å²) in [6.45, 7) is 7.43. The van der Waals surface area contributed by atoms with E-state index in [-0.39, 0.29) is 11.7 Å². The predicted molar refractivity (Wildman–Crippen MR) is 73.4 cm³/mol. The minimum Gasteiger partial charge on any atom is -0.509 e. The summed E-state index contributed by atoms with van der Waals surface area (Å²) in [6, 6.07) is 5.71. The molecule has 1 aromatic carbocycles. The van der Waals surface area contributed by atoms with E-state index in [1.807, 2.05) is 32.0 Å². The van der Waals surface area contributed by atoms with Gasteiger partial charge in [0.1, 0.15) is 11.3 Å². The fraction of sp³-hybridized carbons (Fsp3) is 0.400. The molecule has 1 heterocycles. The van der Waals surface area contributed by atoms with E-state index in [1.165, 1.54) is 12.2 Å². The zero-order valence-corrected chi connectivity index (χ0v) is 11.9. The van der Waals surface area contributed by atoms with Crippen LogP contribution in [0.1, 0.15) is 30.5 Å². The first-order chi connectivity index (χ1) is 8.82. The summed E-state index contributed by atoms with van der Waals surface area (Å²) in [7, 11) is 1.43. The molecule has 0 radical (unpaired) electrons. The lowest BCUT2D eigenvalue weighted by molar-refractivity contribution is -0.189. The van der Waals surface area contributed by atoms with Gasteiger partial charge < -0.3 is 5.11 Å². The zero-order valence-electron chi connectivity index (χ0n) is 11.9. The van der Waals surface area contributed by atoms with Crippen molar-refractivity contribution in [2.75, 3.05) is 7.11 Å². The Labute approximate surface area is 113 Å². The molecule has 0 atom stereocenters. The standard InChI is InChI=1S/C15H19NO3/c1-9-7-6-8-11(10(9)2)12-13(17)15(3,4)16(19-5)14(12)18/h6-8,17H,1-5H3. The molecule has 0 aliphatic carbocycles. The number of amides is 1. The molecule has 0 bridgehead atoms. The van der Waals surface area contributed by atoms with Gasteiger partial charge in [0.05, 0.1) is 12.7 Å². The molecule has 0 aromatic heterocycles. The Morgan fingerprint density at radius 2 is 1.89 bits per heavy atom. The molecule has 0 spiro atoms. The Kier molecular flexibility index (Phi) is 3.14. The normalized spacial score (nSPS) is 18.4. The highest BCUT2D eigenvalue weighted by molar-refractivity contribution is 6.23. The molecule has 4 nitrogen and oxygen atoms in total. The van der Waals surface area contributed by atoms with Crippen LogP contribution in [0.2, 0.25) is 0 Å². The predicted octanol–water partition coefficient (Wildman–Crippen LogP) is 2.75. The minimum absolute atomic E-state index is 0.0491. The van der Waals surface area contributed by atoms with Gasteiger partial charge in [-0.05, 0) is 44.4 Å². The SMILES string of the molecule is CON1C(=O)C(c2cccc(C)c2C)=C(O)C1(C)C. The summed E-state index contributed by atoms with van der Waals surface area (Å²) in [5, 5.41) is 11.6. The number of carbonyl (C=O) groups is 1. The van der Waals surface area contributed by atoms with E-state index in [1.54, 1.807) is 13.8 Å². The van der Waals surface area contributed by atoms with Gasteiger partial charge in [-0.2, -0.15) is 0 Å². The average molecular weight is 261 g/mol. The molecular formula is C15H19NO3. The number of nitrogens with zero attached hydrogens (tertiary/aromatic N) is 1. The highest BCUT2D eigenvalue weighted by atomic mass is 16.7. The van der Waals surface area contributed by atoms with E-state index in [9.17, 15) is 9.90 Å². The molecule has 0 saturated heterocycles. The fourth-order valence-corrected chi connectivity index (χ4v) is 2.43. The summed E-state index contributed by atoms with van der Waals surface area (Å²) in [5.74, 6) is -0.258. The lowest BCUT2D eigenvalue weighted by Gasteiger charge is -2.28. The number of aliphatic hydroxyl groups is 1. The van der Waals surface area contributed by atoms with Gasteiger partial charge in [0, 0.05) is 0 Å². The van der Waals surface area contributed by atoms with E-state index in [4.69, 9.17) is 4.84 Å². The lowest BCUT2D eigenvalue weighted by Crippen LogP contribution is -2.42. The molecule has 19 heavy (non-hydrogen) atoms. The third-order valence-corrected chi connectivity index (χ3v) is 3.78. The minimum atomic E-state index is -0.850. The Morgan fingerprint density at radius 3 is 2.42 bits per heavy atom. The third-order valence-electron chi connectivity index (χ3n) is 3.78. The lowest BCUT2D eigenvalue weighted by atomic mass is 9.94. The van der Waals surface area contributed by atoms with Gasteiger partial charge in [-0.25, -0.2) is 5.06 Å². The van der Waals surface area contributed by atoms with Crippen LogP contribution in [0.15, 0.2) is 24.0 Å². The first-order valence-electron chi connectivity index (χ1n) is 6.21. The van der Waals surface area contributed by atoms with E-state index < -0.39 is 5.54 Å². The molecule has 4 heteroatoms. The highest BCUT2D eigenvalue weighted by Gasteiger charge is 2.47. The topological polar surface area (TPSA) is 49.8 Å². The van der Waals surface area contributed by atoms with Crippen molar-refractivity contribution in [2.45, 2.75) is 33.2 Å². The number of hydrogen-bond acceptors (Lipinski definition) is 3. The molecular weight excluding hydrogens is 242 g/mol. The molecule has 1 N–H and O–H groups in total. The number of hydrogen-bond donors (Lipinski definition) is 1. The van der Waals surface area contributed by atoms with Gasteiger partial charge >= 0.3 is 0 Å². The summed E-state index contributed by atoms with van der Waals surface area (Å²) in [5.41, 5.74) is 2.31. The first kappa shape index (κ1) is 13.6. The fourth-order valence-electron chi connectivity index (χ4n) is 2.43. The first-order valence-corrected chi connectivity index (χ1v) is 6.21. The van der Waals surface area contributed by atoms with Crippen molar-refractivity contribution in [1.82, 2.24) is 5.06 Å². The average Bonchev–Trinajstić information content (AvgIpc) is 2.51. The Bertz CT molecular complexity index is 573. The van der Waals surface area contributed by atoms with Crippen LogP contribution in [0.5, 0.6) is 0 Å². The van der Waals surface area contributed by atoms with Crippen LogP contribution >= 0.6 is 0 Å². The molecule has 0 saturated carbocycles. The Hall–Kier alpha value is -1.81. The van der Waals surface area contributed by atoms with E-state index >= 15 is 0 Å². The van der Waals surface area contributed by atoms with Gasteiger partial charge in [0.2, 0.25) is 0 Å². The van der Waals surface area contributed by atoms with Crippen molar-refractivity contribution in [3.63, 3.8) is 0 Å². The van der Waals surface area contributed by atoms with Crippen LogP contribution in [0.25, 0.3) is 5.57 Å². The molecule has 1 aromatic rings. The molecule has 102 valence electrons. The van der Waals surface area contributed by atoms with Crippen LogP contribution < -0.4 is 0 Å². The van der Waals surface area contributed by atoms with Crippen molar-refractivity contribution in [3.8, 4) is 0 Å². The highest BCUT2D eigenvalue weighted by Crippen LogP contribution is 2.39. The largest absolute Gasteiger partial charge is 0.509 e.